The Labute approximate surface area is 74.4 Å². The summed E-state index contributed by atoms with van der Waals surface area (Å²) in [5.41, 5.74) is 0.332. The Balaban J connectivity index is 2.28. The topological polar surface area (TPSA) is 70.1 Å². The van der Waals surface area contributed by atoms with Gasteiger partial charge in [-0.05, 0) is 12.1 Å². The molecule has 0 radical (unpaired) electrons. The van der Waals surface area contributed by atoms with E-state index in [4.69, 9.17) is 14.9 Å². The third-order valence-electron chi connectivity index (χ3n) is 1.89. The predicted octanol–water partition coefficient (Wildman–Crippen LogP) is 0.328. The standard InChI is InChI=1S/C9H8O4/c10-4-6(11)8(12)5-2-1-3-7-9(5)13-7/h1-3,6,10-11H,4H2. The number of benzene rings is 1. The molecule has 1 unspecified atom stereocenters. The van der Waals surface area contributed by atoms with Gasteiger partial charge in [0.05, 0.1) is 12.2 Å². The zero-order chi connectivity index (χ0) is 9.42. The second-order valence-electron chi connectivity index (χ2n) is 2.80. The van der Waals surface area contributed by atoms with Crippen LogP contribution in [0.2, 0.25) is 0 Å². The van der Waals surface area contributed by atoms with Crippen LogP contribution in [0.3, 0.4) is 0 Å². The van der Waals surface area contributed by atoms with Crippen LogP contribution in [0.1, 0.15) is 10.4 Å². The SMILES string of the molecule is O=C(c1cccc2c1O2)C(O)CO. The van der Waals surface area contributed by atoms with Crippen LogP contribution in [0, 0.1) is 0 Å². The summed E-state index contributed by atoms with van der Waals surface area (Å²) in [6, 6.07) is 4.97. The Hall–Kier alpha value is -1.39. The number of hydrogen-bond donors (Lipinski definition) is 2. The molecule has 1 heterocycles. The number of aliphatic hydroxyl groups excluding tert-OH is 2. The molecular weight excluding hydrogens is 172 g/mol. The van der Waals surface area contributed by atoms with Crippen molar-refractivity contribution in [3.05, 3.63) is 23.8 Å². The third kappa shape index (κ3) is 1.30. The quantitative estimate of drug-likeness (QED) is 0.527. The number of ketones is 1. The van der Waals surface area contributed by atoms with E-state index in [0.29, 0.717) is 17.1 Å². The molecule has 4 nitrogen and oxygen atoms in total. The molecule has 1 aromatic rings. The first-order chi connectivity index (χ1) is 6.24. The Kier molecular flexibility index (Phi) is 1.79. The van der Waals surface area contributed by atoms with E-state index >= 15 is 0 Å². The summed E-state index contributed by atoms with van der Waals surface area (Å²) in [5.74, 6) is 0.674. The Morgan fingerprint density at radius 1 is 1.54 bits per heavy atom. The van der Waals surface area contributed by atoms with Gasteiger partial charge in [-0.15, -0.1) is 0 Å². The zero-order valence-corrected chi connectivity index (χ0v) is 6.73. The first-order valence-corrected chi connectivity index (χ1v) is 3.88. The summed E-state index contributed by atoms with van der Waals surface area (Å²) in [4.78, 5) is 11.3. The Morgan fingerprint density at radius 3 is 3.00 bits per heavy atom. The number of rotatable bonds is 3. The molecule has 0 bridgehead atoms. The molecule has 1 aliphatic rings. The Morgan fingerprint density at radius 2 is 2.31 bits per heavy atom. The molecular formula is C9H8O4. The van der Waals surface area contributed by atoms with Gasteiger partial charge in [0.15, 0.2) is 17.3 Å². The lowest BCUT2D eigenvalue weighted by atomic mass is 10.1. The first kappa shape index (κ1) is 8.22. The summed E-state index contributed by atoms with van der Waals surface area (Å²) in [6.07, 6.45) is -1.35. The van der Waals surface area contributed by atoms with E-state index in [1.54, 1.807) is 18.2 Å². The van der Waals surface area contributed by atoms with Crippen LogP contribution in [0.5, 0.6) is 11.5 Å². The lowest BCUT2D eigenvalue weighted by Gasteiger charge is -2.03. The molecule has 68 valence electrons. The van der Waals surface area contributed by atoms with E-state index in [1.165, 1.54) is 0 Å². The van der Waals surface area contributed by atoms with Gasteiger partial charge in [-0.25, -0.2) is 0 Å². The molecule has 0 spiro atoms. The average molecular weight is 180 g/mol. The third-order valence-corrected chi connectivity index (χ3v) is 1.89. The fraction of sp³-hybridized carbons (Fsp3) is 0.222. The van der Waals surface area contributed by atoms with Crippen molar-refractivity contribution in [2.75, 3.05) is 6.61 Å². The van der Waals surface area contributed by atoms with Gasteiger partial charge in [-0.3, -0.25) is 4.79 Å². The number of hydrogen-bond acceptors (Lipinski definition) is 4. The molecule has 1 aliphatic heterocycles. The van der Waals surface area contributed by atoms with Gasteiger partial charge in [-0.1, -0.05) is 6.07 Å². The normalized spacial score (nSPS) is 14.3. The molecule has 2 rings (SSSR count). The molecule has 0 fully saturated rings. The number of fused-ring (bicyclic) bond motifs is 1. The summed E-state index contributed by atoms with van der Waals surface area (Å²) in [6.45, 7) is -0.567. The molecule has 4 heteroatoms. The van der Waals surface area contributed by atoms with Crippen molar-refractivity contribution in [1.82, 2.24) is 0 Å². The van der Waals surface area contributed by atoms with Crippen molar-refractivity contribution >= 4 is 5.78 Å². The van der Waals surface area contributed by atoms with Crippen LogP contribution in [-0.4, -0.2) is 28.7 Å². The zero-order valence-electron chi connectivity index (χ0n) is 6.73. The van der Waals surface area contributed by atoms with Crippen LogP contribution in [-0.2, 0) is 0 Å². The molecule has 13 heavy (non-hydrogen) atoms. The smallest absolute Gasteiger partial charge is 0.197 e. The minimum absolute atomic E-state index is 0.332. The molecule has 0 aromatic heterocycles. The highest BCUT2D eigenvalue weighted by Gasteiger charge is 2.30. The fourth-order valence-corrected chi connectivity index (χ4v) is 1.15. The van der Waals surface area contributed by atoms with Gasteiger partial charge in [-0.2, -0.15) is 0 Å². The second kappa shape index (κ2) is 2.83. The number of aliphatic hydroxyl groups is 2. The van der Waals surface area contributed by atoms with E-state index in [0.717, 1.165) is 0 Å². The van der Waals surface area contributed by atoms with E-state index in [1.807, 2.05) is 0 Å². The molecule has 0 saturated heterocycles. The van der Waals surface area contributed by atoms with E-state index < -0.39 is 18.5 Å². The van der Waals surface area contributed by atoms with E-state index in [2.05, 4.69) is 0 Å². The second-order valence-corrected chi connectivity index (χ2v) is 2.80. The van der Waals surface area contributed by atoms with E-state index in [-0.39, 0.29) is 0 Å². The molecule has 0 saturated carbocycles. The summed E-state index contributed by atoms with van der Waals surface area (Å²) < 4.78 is 4.97. The summed E-state index contributed by atoms with van der Waals surface area (Å²) >= 11 is 0. The van der Waals surface area contributed by atoms with E-state index in [9.17, 15) is 4.79 Å². The number of para-hydroxylation sites is 1. The van der Waals surface area contributed by atoms with Crippen molar-refractivity contribution < 1.29 is 19.7 Å². The van der Waals surface area contributed by atoms with Crippen LogP contribution in [0.15, 0.2) is 18.2 Å². The minimum Gasteiger partial charge on any atom is -0.449 e. The van der Waals surface area contributed by atoms with Crippen LogP contribution < -0.4 is 4.74 Å². The molecule has 2 N–H and O–H groups in total. The largest absolute Gasteiger partial charge is 0.449 e. The average Bonchev–Trinajstić information content (AvgIpc) is 2.93. The van der Waals surface area contributed by atoms with Gasteiger partial charge >= 0.3 is 0 Å². The lowest BCUT2D eigenvalue weighted by Crippen LogP contribution is -2.23. The van der Waals surface area contributed by atoms with Crippen LogP contribution in [0.25, 0.3) is 0 Å². The highest BCUT2D eigenvalue weighted by molar-refractivity contribution is 6.03. The summed E-state index contributed by atoms with van der Waals surface area (Å²) in [5, 5.41) is 17.6. The fourth-order valence-electron chi connectivity index (χ4n) is 1.15. The number of Topliss-reactive ketones (excluding diaryl/α,β-unsaturated/α-hetero) is 1. The molecule has 0 aliphatic carbocycles. The Bertz CT molecular complexity index is 359. The number of carbonyl (C=O) groups excluding carboxylic acids is 1. The van der Waals surface area contributed by atoms with Crippen LogP contribution in [0.4, 0.5) is 0 Å². The molecule has 1 aromatic carbocycles. The lowest BCUT2D eigenvalue weighted by molar-refractivity contribution is 0.0587. The van der Waals surface area contributed by atoms with Crippen molar-refractivity contribution in [2.24, 2.45) is 0 Å². The molecule has 0 amide bonds. The maximum Gasteiger partial charge on any atom is 0.197 e. The van der Waals surface area contributed by atoms with Gasteiger partial charge in [0, 0.05) is 0 Å². The highest BCUT2D eigenvalue weighted by Crippen LogP contribution is 2.47. The van der Waals surface area contributed by atoms with Gasteiger partial charge in [0.25, 0.3) is 0 Å². The number of carbonyl (C=O) groups is 1. The summed E-state index contributed by atoms with van der Waals surface area (Å²) in [7, 11) is 0. The highest BCUT2D eigenvalue weighted by atomic mass is 16.6. The van der Waals surface area contributed by atoms with Crippen molar-refractivity contribution in [3.63, 3.8) is 0 Å². The first-order valence-electron chi connectivity index (χ1n) is 3.88. The maximum absolute atomic E-state index is 11.3. The van der Waals surface area contributed by atoms with Crippen molar-refractivity contribution in [2.45, 2.75) is 6.10 Å². The van der Waals surface area contributed by atoms with Crippen molar-refractivity contribution in [3.8, 4) is 11.5 Å². The maximum atomic E-state index is 11.3. The van der Waals surface area contributed by atoms with Gasteiger partial charge in [0.2, 0.25) is 0 Å². The van der Waals surface area contributed by atoms with Crippen molar-refractivity contribution in [1.29, 1.82) is 0 Å². The number of ether oxygens (including phenoxy) is 1. The predicted molar refractivity (Wildman–Crippen MR) is 43.9 cm³/mol. The van der Waals surface area contributed by atoms with Gasteiger partial charge < -0.3 is 14.9 Å². The van der Waals surface area contributed by atoms with Crippen LogP contribution >= 0.6 is 0 Å². The molecule has 1 atom stereocenters. The van der Waals surface area contributed by atoms with Gasteiger partial charge in [0.1, 0.15) is 6.10 Å². The minimum atomic E-state index is -1.35. The monoisotopic (exact) mass is 180 g/mol.